The lowest BCUT2D eigenvalue weighted by molar-refractivity contribution is -0.143. The van der Waals surface area contributed by atoms with Crippen molar-refractivity contribution in [1.82, 2.24) is 9.80 Å². The van der Waals surface area contributed by atoms with Crippen molar-refractivity contribution < 1.29 is 9.90 Å². The van der Waals surface area contributed by atoms with Gasteiger partial charge in [-0.1, -0.05) is 0 Å². The van der Waals surface area contributed by atoms with E-state index in [4.69, 9.17) is 0 Å². The van der Waals surface area contributed by atoms with Crippen molar-refractivity contribution in [1.29, 1.82) is 0 Å². The van der Waals surface area contributed by atoms with Gasteiger partial charge in [0.15, 0.2) is 0 Å². The van der Waals surface area contributed by atoms with Gasteiger partial charge in [0.2, 0.25) is 0 Å². The number of thiophene rings is 1. The highest BCUT2D eigenvalue weighted by Crippen LogP contribution is 2.28. The molecule has 21 heavy (non-hydrogen) atoms. The minimum absolute atomic E-state index is 0.241. The van der Waals surface area contributed by atoms with Crippen LogP contribution in [0, 0.1) is 0 Å². The van der Waals surface area contributed by atoms with Crippen LogP contribution >= 0.6 is 27.3 Å². The van der Waals surface area contributed by atoms with Gasteiger partial charge in [-0.05, 0) is 54.2 Å². The molecule has 0 spiro atoms. The molecule has 1 aromatic heterocycles. The Kier molecular flexibility index (Phi) is 4.99. The van der Waals surface area contributed by atoms with Gasteiger partial charge in [-0.2, -0.15) is 0 Å². The van der Waals surface area contributed by atoms with E-state index < -0.39 is 5.97 Å². The number of halogens is 1. The molecule has 4 nitrogen and oxygen atoms in total. The lowest BCUT2D eigenvalue weighted by atomic mass is 10.0. The fourth-order valence-corrected chi connectivity index (χ4v) is 5.05. The van der Waals surface area contributed by atoms with E-state index in [9.17, 15) is 9.90 Å². The van der Waals surface area contributed by atoms with Gasteiger partial charge in [-0.15, -0.1) is 11.3 Å². The molecule has 0 saturated carbocycles. The van der Waals surface area contributed by atoms with Crippen LogP contribution in [0.2, 0.25) is 0 Å². The molecule has 0 aliphatic carbocycles. The zero-order valence-corrected chi connectivity index (χ0v) is 14.4. The summed E-state index contributed by atoms with van der Waals surface area (Å²) in [5.74, 6) is -0.640. The van der Waals surface area contributed by atoms with Gasteiger partial charge in [-0.3, -0.25) is 14.6 Å². The quantitative estimate of drug-likeness (QED) is 0.881. The highest BCUT2D eigenvalue weighted by atomic mass is 79.9. The summed E-state index contributed by atoms with van der Waals surface area (Å²) >= 11 is 5.30. The molecule has 1 atom stereocenters. The molecule has 1 N–H and O–H groups in total. The number of likely N-dealkylation sites (tertiary alicyclic amines) is 2. The maximum Gasteiger partial charge on any atom is 0.320 e. The molecule has 2 saturated heterocycles. The molecule has 6 heteroatoms. The topological polar surface area (TPSA) is 43.8 Å². The van der Waals surface area contributed by atoms with Crippen LogP contribution in [0.4, 0.5) is 0 Å². The Morgan fingerprint density at radius 3 is 2.71 bits per heavy atom. The van der Waals surface area contributed by atoms with Crippen LogP contribution in [0.1, 0.15) is 30.6 Å². The van der Waals surface area contributed by atoms with Gasteiger partial charge in [0.1, 0.15) is 6.04 Å². The third-order valence-electron chi connectivity index (χ3n) is 4.61. The SMILES string of the molecule is O=C(O)C1CCCN1C1CCN(Cc2cc(Br)cs2)CC1. The van der Waals surface area contributed by atoms with Crippen molar-refractivity contribution in [2.45, 2.75) is 44.3 Å². The number of hydrogen-bond donors (Lipinski definition) is 1. The van der Waals surface area contributed by atoms with E-state index >= 15 is 0 Å². The van der Waals surface area contributed by atoms with Gasteiger partial charge in [-0.25, -0.2) is 0 Å². The number of aliphatic carboxylic acids is 1. The number of rotatable bonds is 4. The average molecular weight is 373 g/mol. The third kappa shape index (κ3) is 3.67. The third-order valence-corrected chi connectivity index (χ3v) is 6.29. The predicted molar refractivity (Wildman–Crippen MR) is 87.7 cm³/mol. The summed E-state index contributed by atoms with van der Waals surface area (Å²) < 4.78 is 1.17. The molecule has 0 aromatic carbocycles. The maximum absolute atomic E-state index is 11.3. The van der Waals surface area contributed by atoms with E-state index in [0.29, 0.717) is 6.04 Å². The fourth-order valence-electron chi connectivity index (χ4n) is 3.56. The van der Waals surface area contributed by atoms with Gasteiger partial charge in [0.25, 0.3) is 0 Å². The van der Waals surface area contributed by atoms with Crippen LogP contribution in [0.3, 0.4) is 0 Å². The van der Waals surface area contributed by atoms with E-state index in [-0.39, 0.29) is 6.04 Å². The van der Waals surface area contributed by atoms with E-state index in [2.05, 4.69) is 37.2 Å². The zero-order chi connectivity index (χ0) is 14.8. The second kappa shape index (κ2) is 6.77. The minimum atomic E-state index is -0.640. The van der Waals surface area contributed by atoms with E-state index in [1.165, 1.54) is 9.35 Å². The monoisotopic (exact) mass is 372 g/mol. The van der Waals surface area contributed by atoms with E-state index in [1.54, 1.807) is 11.3 Å². The summed E-state index contributed by atoms with van der Waals surface area (Å²) in [4.78, 5) is 17.4. The largest absolute Gasteiger partial charge is 0.480 e. The summed E-state index contributed by atoms with van der Waals surface area (Å²) in [6, 6.07) is 2.41. The van der Waals surface area contributed by atoms with Crippen molar-refractivity contribution >= 4 is 33.2 Å². The van der Waals surface area contributed by atoms with E-state index in [1.807, 2.05) is 0 Å². The number of carboxylic acids is 1. The number of nitrogens with zero attached hydrogens (tertiary/aromatic N) is 2. The van der Waals surface area contributed by atoms with Crippen LogP contribution in [0.15, 0.2) is 15.9 Å². The average Bonchev–Trinajstić information content (AvgIpc) is 3.09. The molecule has 0 amide bonds. The standard InChI is InChI=1S/C15H21BrN2O2S/c16-11-8-13(21-10-11)9-17-6-3-12(4-7-17)18-5-1-2-14(18)15(19)20/h8,10,12,14H,1-7,9H2,(H,19,20). The normalized spacial score (nSPS) is 25.5. The van der Waals surface area contributed by atoms with Crippen LogP contribution < -0.4 is 0 Å². The van der Waals surface area contributed by atoms with Gasteiger partial charge >= 0.3 is 5.97 Å². The first kappa shape index (κ1) is 15.5. The smallest absolute Gasteiger partial charge is 0.320 e. The number of hydrogen-bond acceptors (Lipinski definition) is 4. The molecule has 0 bridgehead atoms. The first-order chi connectivity index (χ1) is 10.1. The van der Waals surface area contributed by atoms with Crippen molar-refractivity contribution in [3.05, 3.63) is 20.8 Å². The number of carboxylic acid groups (broad SMARTS) is 1. The molecule has 2 fully saturated rings. The summed E-state index contributed by atoms with van der Waals surface area (Å²) in [5.41, 5.74) is 0. The summed E-state index contributed by atoms with van der Waals surface area (Å²) in [6.45, 7) is 4.12. The molecule has 2 aliphatic rings. The van der Waals surface area contributed by atoms with E-state index in [0.717, 1.165) is 51.9 Å². The van der Waals surface area contributed by atoms with Crippen molar-refractivity contribution in [2.24, 2.45) is 0 Å². The molecule has 1 unspecified atom stereocenters. The Morgan fingerprint density at radius 1 is 1.33 bits per heavy atom. The van der Waals surface area contributed by atoms with Crippen molar-refractivity contribution in [2.75, 3.05) is 19.6 Å². The van der Waals surface area contributed by atoms with Crippen LogP contribution in [-0.2, 0) is 11.3 Å². The lowest BCUT2D eigenvalue weighted by Gasteiger charge is -2.38. The Labute approximate surface area is 137 Å². The van der Waals surface area contributed by atoms with Gasteiger partial charge < -0.3 is 5.11 Å². The Bertz CT molecular complexity index is 500. The second-order valence-electron chi connectivity index (χ2n) is 5.97. The number of carbonyl (C=O) groups is 1. The molecular weight excluding hydrogens is 352 g/mol. The molecule has 0 radical (unpaired) electrons. The minimum Gasteiger partial charge on any atom is -0.480 e. The van der Waals surface area contributed by atoms with Gasteiger partial charge in [0, 0.05) is 40.4 Å². The zero-order valence-electron chi connectivity index (χ0n) is 12.0. The number of piperidine rings is 1. The lowest BCUT2D eigenvalue weighted by Crippen LogP contribution is -2.48. The first-order valence-corrected chi connectivity index (χ1v) is 9.24. The molecule has 3 heterocycles. The Balaban J connectivity index is 1.52. The van der Waals surface area contributed by atoms with Crippen molar-refractivity contribution in [3.8, 4) is 0 Å². The maximum atomic E-state index is 11.3. The molecule has 2 aliphatic heterocycles. The molecular formula is C15H21BrN2O2S. The fraction of sp³-hybridized carbons (Fsp3) is 0.667. The van der Waals surface area contributed by atoms with Crippen molar-refractivity contribution in [3.63, 3.8) is 0 Å². The summed E-state index contributed by atoms with van der Waals surface area (Å²) in [7, 11) is 0. The highest BCUT2D eigenvalue weighted by molar-refractivity contribution is 9.10. The molecule has 1 aromatic rings. The predicted octanol–water partition coefficient (Wildman–Crippen LogP) is 3.02. The summed E-state index contributed by atoms with van der Waals surface area (Å²) in [6.07, 6.45) is 4.03. The van der Waals surface area contributed by atoms with Crippen LogP contribution in [0.25, 0.3) is 0 Å². The highest BCUT2D eigenvalue weighted by Gasteiger charge is 2.36. The summed E-state index contributed by atoms with van der Waals surface area (Å²) in [5, 5.41) is 11.4. The van der Waals surface area contributed by atoms with Gasteiger partial charge in [0.05, 0.1) is 0 Å². The Morgan fingerprint density at radius 2 is 2.10 bits per heavy atom. The molecule has 116 valence electrons. The first-order valence-electron chi connectivity index (χ1n) is 7.57. The second-order valence-corrected chi connectivity index (χ2v) is 7.88. The molecule has 3 rings (SSSR count). The van der Waals surface area contributed by atoms with Crippen LogP contribution in [-0.4, -0.2) is 52.6 Å². The Hall–Kier alpha value is -0.430. The van der Waals surface area contributed by atoms with Crippen LogP contribution in [0.5, 0.6) is 0 Å².